The van der Waals surface area contributed by atoms with Gasteiger partial charge in [-0.25, -0.2) is 24.2 Å². The minimum atomic E-state index is -3.98. The van der Waals surface area contributed by atoms with Crippen LogP contribution in [-0.4, -0.2) is 31.3 Å². The van der Waals surface area contributed by atoms with Gasteiger partial charge < -0.3 is 4.74 Å². The molecule has 0 aliphatic heterocycles. The summed E-state index contributed by atoms with van der Waals surface area (Å²) in [6.07, 6.45) is 2.91. The van der Waals surface area contributed by atoms with Crippen LogP contribution in [-0.2, 0) is 16.6 Å². The van der Waals surface area contributed by atoms with Crippen LogP contribution in [0, 0.1) is 5.82 Å². The van der Waals surface area contributed by atoms with Gasteiger partial charge in [0.1, 0.15) is 11.6 Å². The van der Waals surface area contributed by atoms with Crippen molar-refractivity contribution in [3.8, 4) is 16.9 Å². The molecule has 156 valence electrons. The van der Waals surface area contributed by atoms with E-state index in [4.69, 9.17) is 9.88 Å². The Morgan fingerprint density at radius 2 is 1.90 bits per heavy atom. The number of aromatic nitrogens is 2. The van der Waals surface area contributed by atoms with Crippen LogP contribution in [0.3, 0.4) is 0 Å². The third-order valence-corrected chi connectivity index (χ3v) is 4.76. The van der Waals surface area contributed by atoms with Gasteiger partial charge in [0.2, 0.25) is 5.95 Å². The third kappa shape index (κ3) is 4.97. The molecule has 30 heavy (non-hydrogen) atoms. The monoisotopic (exact) mass is 430 g/mol. The first-order valence-electron chi connectivity index (χ1n) is 8.76. The lowest BCUT2D eigenvalue weighted by molar-refractivity contribution is 0.101. The lowest BCUT2D eigenvalue weighted by Gasteiger charge is -2.14. The predicted molar refractivity (Wildman–Crippen MR) is 110 cm³/mol. The average molecular weight is 430 g/mol. The number of hydrogen-bond acceptors (Lipinski definition) is 6. The SMILES string of the molecule is COc1ccc(Cc2cnc(NS(N)(=O)=O)nc2)c(F)c1-c1cccc(C(C)=O)c1. The fourth-order valence-corrected chi connectivity index (χ4v) is 3.28. The zero-order valence-corrected chi connectivity index (χ0v) is 17.0. The number of nitrogens with one attached hydrogen (secondary N) is 1. The second-order valence-corrected chi connectivity index (χ2v) is 7.79. The summed E-state index contributed by atoms with van der Waals surface area (Å²) in [5.74, 6) is -0.474. The Kier molecular flexibility index (Phi) is 6.09. The number of methoxy groups -OCH3 is 1. The number of nitrogens with two attached hydrogens (primary N) is 1. The van der Waals surface area contributed by atoms with Crippen LogP contribution in [0.25, 0.3) is 11.1 Å². The Morgan fingerprint density at radius 1 is 1.20 bits per heavy atom. The van der Waals surface area contributed by atoms with Crippen molar-refractivity contribution in [2.24, 2.45) is 5.14 Å². The fourth-order valence-electron chi connectivity index (χ4n) is 2.92. The summed E-state index contributed by atoms with van der Waals surface area (Å²) in [6, 6.07) is 9.89. The number of rotatable bonds is 7. The Morgan fingerprint density at radius 3 is 2.50 bits per heavy atom. The van der Waals surface area contributed by atoms with Gasteiger partial charge in [0.25, 0.3) is 10.2 Å². The second kappa shape index (κ2) is 8.56. The molecule has 2 aromatic carbocycles. The zero-order valence-electron chi connectivity index (χ0n) is 16.2. The number of ketones is 1. The van der Waals surface area contributed by atoms with E-state index in [0.29, 0.717) is 28.0 Å². The Labute approximate surface area is 173 Å². The van der Waals surface area contributed by atoms with Crippen molar-refractivity contribution >= 4 is 21.9 Å². The Balaban J connectivity index is 1.97. The quantitative estimate of drug-likeness (QED) is 0.556. The van der Waals surface area contributed by atoms with Crippen molar-refractivity contribution in [3.63, 3.8) is 0 Å². The lowest BCUT2D eigenvalue weighted by Crippen LogP contribution is -2.23. The Hall–Kier alpha value is -3.37. The van der Waals surface area contributed by atoms with Gasteiger partial charge in [0.05, 0.1) is 12.7 Å². The topological polar surface area (TPSA) is 124 Å². The summed E-state index contributed by atoms with van der Waals surface area (Å²) in [4.78, 5) is 19.4. The highest BCUT2D eigenvalue weighted by molar-refractivity contribution is 7.90. The molecule has 0 atom stereocenters. The number of ether oxygens (including phenoxy) is 1. The van der Waals surface area contributed by atoms with Gasteiger partial charge in [-0.15, -0.1) is 0 Å². The molecule has 0 aliphatic carbocycles. The number of anilines is 1. The zero-order chi connectivity index (χ0) is 21.9. The van der Waals surface area contributed by atoms with E-state index in [0.717, 1.165) is 0 Å². The lowest BCUT2D eigenvalue weighted by atomic mass is 9.96. The molecule has 1 aromatic heterocycles. The first-order chi connectivity index (χ1) is 14.2. The van der Waals surface area contributed by atoms with Crippen molar-refractivity contribution in [2.45, 2.75) is 13.3 Å². The number of carbonyl (C=O) groups excluding carboxylic acids is 1. The first-order valence-corrected chi connectivity index (χ1v) is 10.3. The molecule has 8 nitrogen and oxygen atoms in total. The average Bonchev–Trinajstić information content (AvgIpc) is 2.69. The van der Waals surface area contributed by atoms with Crippen LogP contribution in [0.15, 0.2) is 48.8 Å². The highest BCUT2D eigenvalue weighted by Gasteiger charge is 2.17. The van der Waals surface area contributed by atoms with Crippen molar-refractivity contribution < 1.29 is 22.3 Å². The number of nitrogens with zero attached hydrogens (tertiary/aromatic N) is 2. The smallest absolute Gasteiger partial charge is 0.298 e. The van der Waals surface area contributed by atoms with E-state index in [-0.39, 0.29) is 23.7 Å². The maximum absolute atomic E-state index is 15.4. The van der Waals surface area contributed by atoms with Gasteiger partial charge in [-0.1, -0.05) is 24.3 Å². The number of benzene rings is 2. The summed E-state index contributed by atoms with van der Waals surface area (Å²) < 4.78 is 44.7. The number of hydrogen-bond donors (Lipinski definition) is 2. The van der Waals surface area contributed by atoms with Crippen LogP contribution in [0.5, 0.6) is 5.75 Å². The highest BCUT2D eigenvalue weighted by Crippen LogP contribution is 2.35. The summed E-state index contributed by atoms with van der Waals surface area (Å²) in [7, 11) is -2.54. The molecule has 0 aliphatic rings. The normalized spacial score (nSPS) is 11.2. The van der Waals surface area contributed by atoms with E-state index >= 15 is 4.39 Å². The number of halogens is 1. The predicted octanol–water partition coefficient (Wildman–Crippen LogP) is 2.70. The molecule has 0 fully saturated rings. The van der Waals surface area contributed by atoms with Crippen LogP contribution in [0.1, 0.15) is 28.4 Å². The summed E-state index contributed by atoms with van der Waals surface area (Å²) in [6.45, 7) is 1.44. The van der Waals surface area contributed by atoms with Crippen molar-refractivity contribution in [3.05, 3.63) is 71.3 Å². The molecule has 0 radical (unpaired) electrons. The molecular formula is C20H19FN4O4S. The minimum absolute atomic E-state index is 0.127. The van der Waals surface area contributed by atoms with E-state index in [1.54, 1.807) is 36.4 Å². The van der Waals surface area contributed by atoms with E-state index in [9.17, 15) is 13.2 Å². The molecule has 0 amide bonds. The third-order valence-electron chi connectivity index (χ3n) is 4.29. The van der Waals surface area contributed by atoms with E-state index in [1.165, 1.54) is 26.4 Å². The van der Waals surface area contributed by atoms with E-state index in [2.05, 4.69) is 9.97 Å². The molecule has 3 N–H and O–H groups in total. The maximum atomic E-state index is 15.4. The first kappa shape index (κ1) is 21.3. The molecule has 0 spiro atoms. The van der Waals surface area contributed by atoms with E-state index < -0.39 is 16.0 Å². The molecule has 0 saturated heterocycles. The highest BCUT2D eigenvalue weighted by atomic mass is 32.2. The molecule has 10 heteroatoms. The van der Waals surface area contributed by atoms with Gasteiger partial charge in [0, 0.05) is 24.4 Å². The summed E-state index contributed by atoms with van der Waals surface area (Å²) >= 11 is 0. The van der Waals surface area contributed by atoms with Crippen molar-refractivity contribution in [1.82, 2.24) is 9.97 Å². The molecule has 0 bridgehead atoms. The van der Waals surface area contributed by atoms with E-state index in [1.807, 2.05) is 4.72 Å². The summed E-state index contributed by atoms with van der Waals surface area (Å²) in [5.41, 5.74) is 2.14. The van der Waals surface area contributed by atoms with Gasteiger partial charge in [0.15, 0.2) is 5.78 Å². The molecule has 0 saturated carbocycles. The molecule has 1 heterocycles. The molecular weight excluding hydrogens is 411 g/mol. The maximum Gasteiger partial charge on any atom is 0.298 e. The Bertz CT molecular complexity index is 1200. The second-order valence-electron chi connectivity index (χ2n) is 6.49. The standard InChI is InChI=1S/C20H19FN4O4S/c1-12(26)14-4-3-5-15(9-14)18-17(29-2)7-6-16(19(18)21)8-13-10-23-20(24-11-13)25-30(22,27)28/h3-7,9-11H,8H2,1-2H3,(H2,22,27,28)(H,23,24,25). The minimum Gasteiger partial charge on any atom is -0.496 e. The van der Waals surface area contributed by atoms with Gasteiger partial charge in [-0.2, -0.15) is 8.42 Å². The fraction of sp³-hybridized carbons (Fsp3) is 0.150. The largest absolute Gasteiger partial charge is 0.496 e. The number of carbonyl (C=O) groups is 1. The molecule has 3 rings (SSSR count). The van der Waals surface area contributed by atoms with Crippen LogP contribution < -0.4 is 14.6 Å². The number of Topliss-reactive ketones (excluding diaryl/α,β-unsaturated/α-hetero) is 1. The van der Waals surface area contributed by atoms with Crippen LogP contribution in [0.4, 0.5) is 10.3 Å². The summed E-state index contributed by atoms with van der Waals surface area (Å²) in [5, 5.41) is 4.88. The van der Waals surface area contributed by atoms with Gasteiger partial charge in [-0.3, -0.25) is 4.79 Å². The molecule has 3 aromatic rings. The van der Waals surface area contributed by atoms with Crippen LogP contribution in [0.2, 0.25) is 0 Å². The molecule has 0 unspecified atom stereocenters. The van der Waals surface area contributed by atoms with Gasteiger partial charge >= 0.3 is 0 Å². The van der Waals surface area contributed by atoms with Crippen molar-refractivity contribution in [2.75, 3.05) is 11.8 Å². The van der Waals surface area contributed by atoms with Crippen LogP contribution >= 0.6 is 0 Å². The van der Waals surface area contributed by atoms with Crippen molar-refractivity contribution in [1.29, 1.82) is 0 Å². The van der Waals surface area contributed by atoms with Gasteiger partial charge in [-0.05, 0) is 35.7 Å².